The molecule has 4 heteroatoms. The Bertz CT molecular complexity index is 389. The predicted octanol–water partition coefficient (Wildman–Crippen LogP) is 5.23. The topological polar surface area (TPSA) is 30.7 Å². The van der Waals surface area contributed by atoms with Crippen molar-refractivity contribution in [2.75, 3.05) is 0 Å². The molecule has 0 aliphatic carbocycles. The average Bonchev–Trinajstić information content (AvgIpc) is 2.76. The molecule has 1 unspecified atom stereocenters. The summed E-state index contributed by atoms with van der Waals surface area (Å²) in [7, 11) is 2.10. The average molecular weight is 391 g/mol. The summed E-state index contributed by atoms with van der Waals surface area (Å²) in [6.45, 7) is 6.92. The van der Waals surface area contributed by atoms with Crippen LogP contribution in [0.5, 0.6) is 0 Å². The Hall–Kier alpha value is -0.130. The van der Waals surface area contributed by atoms with Gasteiger partial charge in [0, 0.05) is 35.1 Å². The molecule has 1 aromatic heterocycles. The first-order valence-electron chi connectivity index (χ1n) is 8.10. The number of hydrogen-bond donors (Lipinski definition) is 0. The molecule has 0 aliphatic rings. The summed E-state index contributed by atoms with van der Waals surface area (Å²) in [5.41, 5.74) is 0.189. The van der Waals surface area contributed by atoms with Crippen LogP contribution in [0, 0.1) is 3.83 Å². The van der Waals surface area contributed by atoms with Crippen LogP contribution in [0.15, 0.2) is 0 Å². The third-order valence-electron chi connectivity index (χ3n) is 4.28. The highest BCUT2D eigenvalue weighted by atomic mass is 127. The van der Waals surface area contributed by atoms with E-state index < -0.39 is 0 Å². The van der Waals surface area contributed by atoms with Crippen LogP contribution < -0.4 is 0 Å². The highest BCUT2D eigenvalue weighted by Gasteiger charge is 2.31. The van der Waals surface area contributed by atoms with Crippen molar-refractivity contribution in [1.29, 1.82) is 0 Å². The highest BCUT2D eigenvalue weighted by molar-refractivity contribution is 14.1. The third-order valence-corrected chi connectivity index (χ3v) is 5.22. The van der Waals surface area contributed by atoms with Crippen molar-refractivity contribution in [2.24, 2.45) is 7.05 Å². The second-order valence-electron chi connectivity index (χ2n) is 6.18. The molecule has 0 amide bonds. The van der Waals surface area contributed by atoms with E-state index in [1.807, 2.05) is 0 Å². The molecular weight excluding hydrogens is 361 g/mol. The van der Waals surface area contributed by atoms with Crippen molar-refractivity contribution in [3.8, 4) is 0 Å². The molecule has 1 atom stereocenters. The van der Waals surface area contributed by atoms with Crippen LogP contribution in [0.3, 0.4) is 0 Å². The van der Waals surface area contributed by atoms with E-state index in [-0.39, 0.29) is 5.41 Å². The molecule has 0 saturated carbocycles. The first kappa shape index (κ1) is 17.9. The molecular formula is C16H30IN3. The molecule has 0 N–H and O–H groups in total. The van der Waals surface area contributed by atoms with Gasteiger partial charge in [-0.25, -0.2) is 0 Å². The molecule has 0 radical (unpaired) electrons. The van der Waals surface area contributed by atoms with Gasteiger partial charge in [0.1, 0.15) is 5.82 Å². The Labute approximate surface area is 138 Å². The van der Waals surface area contributed by atoms with Gasteiger partial charge in [-0.2, -0.15) is 0 Å². The van der Waals surface area contributed by atoms with E-state index in [9.17, 15) is 0 Å². The lowest BCUT2D eigenvalue weighted by atomic mass is 9.79. The predicted molar refractivity (Wildman–Crippen MR) is 94.0 cm³/mol. The Balaban J connectivity index is 2.74. The molecule has 1 aromatic rings. The zero-order chi connectivity index (χ0) is 15.0. The fourth-order valence-corrected chi connectivity index (χ4v) is 3.23. The molecule has 0 aliphatic heterocycles. The van der Waals surface area contributed by atoms with Gasteiger partial charge >= 0.3 is 0 Å². The molecule has 3 nitrogen and oxygen atoms in total. The number of aromatic nitrogens is 3. The maximum absolute atomic E-state index is 4.47. The SMILES string of the molecule is CCCCCCC(C)(CCCCC)c1nnc(I)n1C. The smallest absolute Gasteiger partial charge is 0.194 e. The van der Waals surface area contributed by atoms with E-state index in [0.717, 1.165) is 3.83 Å². The van der Waals surface area contributed by atoms with Crippen LogP contribution in [0.4, 0.5) is 0 Å². The molecule has 0 spiro atoms. The van der Waals surface area contributed by atoms with Crippen molar-refractivity contribution >= 4 is 22.6 Å². The monoisotopic (exact) mass is 391 g/mol. The Kier molecular flexibility index (Phi) is 8.07. The molecule has 1 heterocycles. The number of halogens is 1. The quantitative estimate of drug-likeness (QED) is 0.404. The lowest BCUT2D eigenvalue weighted by Crippen LogP contribution is -2.26. The second-order valence-corrected chi connectivity index (χ2v) is 7.14. The molecule has 1 rings (SSSR count). The van der Waals surface area contributed by atoms with Gasteiger partial charge in [-0.15, -0.1) is 10.2 Å². The molecule has 116 valence electrons. The van der Waals surface area contributed by atoms with E-state index in [4.69, 9.17) is 0 Å². The van der Waals surface area contributed by atoms with Crippen LogP contribution in [0.2, 0.25) is 0 Å². The van der Waals surface area contributed by atoms with Gasteiger partial charge in [0.2, 0.25) is 0 Å². The van der Waals surface area contributed by atoms with Gasteiger partial charge in [-0.05, 0) is 12.8 Å². The maximum Gasteiger partial charge on any atom is 0.194 e. The van der Waals surface area contributed by atoms with Gasteiger partial charge in [0.25, 0.3) is 0 Å². The number of nitrogens with zero attached hydrogens (tertiary/aromatic N) is 3. The van der Waals surface area contributed by atoms with Gasteiger partial charge in [0.05, 0.1) is 0 Å². The van der Waals surface area contributed by atoms with Crippen LogP contribution in [0.1, 0.15) is 84.4 Å². The minimum atomic E-state index is 0.189. The Morgan fingerprint density at radius 1 is 0.950 bits per heavy atom. The van der Waals surface area contributed by atoms with Crippen LogP contribution >= 0.6 is 22.6 Å². The largest absolute Gasteiger partial charge is 0.309 e. The molecule has 0 bridgehead atoms. The Morgan fingerprint density at radius 2 is 1.50 bits per heavy atom. The maximum atomic E-state index is 4.47. The minimum absolute atomic E-state index is 0.189. The van der Waals surface area contributed by atoms with Crippen LogP contribution in [-0.2, 0) is 12.5 Å². The van der Waals surface area contributed by atoms with Gasteiger partial charge in [-0.1, -0.05) is 65.7 Å². The van der Waals surface area contributed by atoms with Crippen molar-refractivity contribution in [1.82, 2.24) is 14.8 Å². The molecule has 20 heavy (non-hydrogen) atoms. The minimum Gasteiger partial charge on any atom is -0.309 e. The second kappa shape index (κ2) is 9.00. The number of unbranched alkanes of at least 4 members (excludes halogenated alkanes) is 5. The summed E-state index contributed by atoms with van der Waals surface area (Å²) >= 11 is 2.27. The first-order chi connectivity index (χ1) is 9.55. The fourth-order valence-electron chi connectivity index (χ4n) is 2.89. The van der Waals surface area contributed by atoms with Gasteiger partial charge < -0.3 is 4.57 Å². The number of hydrogen-bond acceptors (Lipinski definition) is 2. The summed E-state index contributed by atoms with van der Waals surface area (Å²) in [6.07, 6.45) is 11.7. The normalized spacial score (nSPS) is 14.4. The van der Waals surface area contributed by atoms with E-state index in [2.05, 4.69) is 65.2 Å². The first-order valence-corrected chi connectivity index (χ1v) is 9.18. The van der Waals surface area contributed by atoms with Crippen LogP contribution in [-0.4, -0.2) is 14.8 Å². The number of rotatable bonds is 10. The van der Waals surface area contributed by atoms with Crippen molar-refractivity contribution in [3.05, 3.63) is 9.66 Å². The standard InChI is InChI=1S/C16H30IN3/c1-5-7-9-11-13-16(3,12-10-8-6-2)14-18-19-15(17)20(14)4/h5-13H2,1-4H3. The fraction of sp³-hybridized carbons (Fsp3) is 0.875. The molecule has 0 aromatic carbocycles. The van der Waals surface area contributed by atoms with Gasteiger partial charge in [0.15, 0.2) is 3.83 Å². The van der Waals surface area contributed by atoms with Crippen molar-refractivity contribution in [3.63, 3.8) is 0 Å². The zero-order valence-electron chi connectivity index (χ0n) is 13.6. The lowest BCUT2D eigenvalue weighted by Gasteiger charge is -2.28. The summed E-state index contributed by atoms with van der Waals surface area (Å²) < 4.78 is 3.17. The molecule has 0 fully saturated rings. The third kappa shape index (κ3) is 5.01. The summed E-state index contributed by atoms with van der Waals surface area (Å²) in [6, 6.07) is 0. The van der Waals surface area contributed by atoms with Gasteiger partial charge in [-0.3, -0.25) is 0 Å². The molecule has 0 saturated heterocycles. The van der Waals surface area contributed by atoms with Crippen LogP contribution in [0.25, 0.3) is 0 Å². The van der Waals surface area contributed by atoms with E-state index in [0.29, 0.717) is 0 Å². The van der Waals surface area contributed by atoms with Crippen molar-refractivity contribution < 1.29 is 0 Å². The van der Waals surface area contributed by atoms with E-state index in [1.54, 1.807) is 0 Å². The highest BCUT2D eigenvalue weighted by Crippen LogP contribution is 2.34. The van der Waals surface area contributed by atoms with E-state index in [1.165, 1.54) is 63.6 Å². The summed E-state index contributed by atoms with van der Waals surface area (Å²) in [4.78, 5) is 0. The summed E-state index contributed by atoms with van der Waals surface area (Å²) in [5.74, 6) is 1.18. The zero-order valence-corrected chi connectivity index (χ0v) is 15.7. The lowest BCUT2D eigenvalue weighted by molar-refractivity contribution is 0.338. The van der Waals surface area contributed by atoms with E-state index >= 15 is 0 Å². The Morgan fingerprint density at radius 3 is 2.00 bits per heavy atom. The van der Waals surface area contributed by atoms with Crippen molar-refractivity contribution in [2.45, 2.75) is 84.0 Å². The summed E-state index contributed by atoms with van der Waals surface area (Å²) in [5, 5.41) is 8.73.